The molecule has 1 amide bonds. The van der Waals surface area contributed by atoms with Crippen molar-refractivity contribution in [3.63, 3.8) is 0 Å². The van der Waals surface area contributed by atoms with Crippen LogP contribution in [0.1, 0.15) is 42.5 Å². The van der Waals surface area contributed by atoms with Gasteiger partial charge in [0.1, 0.15) is 0 Å². The molecule has 0 radical (unpaired) electrons. The number of amides is 1. The molecule has 2 N–H and O–H groups in total. The molecule has 0 bridgehead atoms. The number of Topliss-reactive ketones (excluding diaryl/α,β-unsaturated/α-hetero) is 1. The van der Waals surface area contributed by atoms with Crippen LogP contribution < -0.4 is 5.32 Å². The number of nitrogens with zero attached hydrogens (tertiary/aromatic N) is 2. The monoisotopic (exact) mass is 655 g/mol. The highest BCUT2D eigenvalue weighted by Crippen LogP contribution is 2.36. The second-order valence-corrected chi connectivity index (χ2v) is 13.2. The van der Waals surface area contributed by atoms with E-state index < -0.39 is 62.6 Å². The number of benzene rings is 2. The van der Waals surface area contributed by atoms with Crippen LogP contribution in [0.3, 0.4) is 0 Å². The molecule has 1 aliphatic rings. The molecule has 1 aromatic heterocycles. The first-order valence-electron chi connectivity index (χ1n) is 14.0. The molecule has 2 aromatic carbocycles. The van der Waals surface area contributed by atoms with Crippen molar-refractivity contribution in [1.82, 2.24) is 9.88 Å². The molecule has 0 fully saturated rings. The third kappa shape index (κ3) is 8.23. The van der Waals surface area contributed by atoms with Gasteiger partial charge in [-0.2, -0.15) is 26.3 Å². The van der Waals surface area contributed by atoms with Gasteiger partial charge in [0.25, 0.3) is 11.7 Å². The Balaban J connectivity index is 1.39. The van der Waals surface area contributed by atoms with E-state index in [4.69, 9.17) is 0 Å². The van der Waals surface area contributed by atoms with Gasteiger partial charge in [0.05, 0.1) is 28.9 Å². The number of ketones is 1. The van der Waals surface area contributed by atoms with Crippen molar-refractivity contribution >= 4 is 43.7 Å². The number of nitrogens with one attached hydrogen (secondary N) is 1. The molecule has 242 valence electrons. The van der Waals surface area contributed by atoms with E-state index in [1.165, 1.54) is 12.1 Å². The van der Waals surface area contributed by atoms with Crippen LogP contribution in [0.2, 0.25) is 0 Å². The first-order valence-corrected chi connectivity index (χ1v) is 15.9. The van der Waals surface area contributed by atoms with Gasteiger partial charge in [-0.05, 0) is 43.0 Å². The fourth-order valence-electron chi connectivity index (χ4n) is 5.24. The standard InChI is InChI=1S/C31H31F6N3O4S/c1-45(44,22-11-5-4-6-12-22)20-29(43)17-21(18-30(32,33)34)28(42)40(29)16-10-3-2-9-15-38-26-23-13-7-8-14-25(23)39-19-24(26)27(41)31(35,36)37/h4-8,11-14,17,19,43H,1-3,9-10,15-16,18,20H2,(H,38,39). The number of rotatable bonds is 13. The normalized spacial score (nSPS) is 18.6. The lowest BCUT2D eigenvalue weighted by Crippen LogP contribution is -2.51. The maximum Gasteiger partial charge on any atom is 0.455 e. The van der Waals surface area contributed by atoms with Crippen LogP contribution in [0.4, 0.5) is 32.0 Å². The Morgan fingerprint density at radius 1 is 0.978 bits per heavy atom. The number of fused-ring (bicyclic) bond motifs is 1. The molecule has 7 nitrogen and oxygen atoms in total. The second kappa shape index (κ2) is 13.2. The summed E-state index contributed by atoms with van der Waals surface area (Å²) in [7, 11) is -3.21. The first-order chi connectivity index (χ1) is 21.0. The SMILES string of the molecule is C=S(=O)(CC1(O)C=C(CC(F)(F)F)C(=O)N1CCCCCCNc1c(C(=O)C(F)(F)F)cnc2ccccc12)c1ccccc1. The summed E-state index contributed by atoms with van der Waals surface area (Å²) in [6, 6.07) is 14.3. The van der Waals surface area contributed by atoms with Crippen LogP contribution in [0.15, 0.2) is 77.3 Å². The molecule has 1 aliphatic heterocycles. The van der Waals surface area contributed by atoms with Gasteiger partial charge in [-0.1, -0.05) is 49.2 Å². The summed E-state index contributed by atoms with van der Waals surface area (Å²) >= 11 is 0. The lowest BCUT2D eigenvalue weighted by molar-refractivity contribution is -0.145. The molecule has 2 unspecified atom stereocenters. The summed E-state index contributed by atoms with van der Waals surface area (Å²) < 4.78 is 92.6. The summed E-state index contributed by atoms with van der Waals surface area (Å²) in [5.41, 5.74) is -3.09. The molecule has 0 saturated heterocycles. The van der Waals surface area contributed by atoms with Crippen molar-refractivity contribution < 1.29 is 45.2 Å². The van der Waals surface area contributed by atoms with Crippen molar-refractivity contribution in [2.45, 2.75) is 55.1 Å². The quantitative estimate of drug-likeness (QED) is 0.0995. The Morgan fingerprint density at radius 3 is 2.29 bits per heavy atom. The van der Waals surface area contributed by atoms with Gasteiger partial charge < -0.3 is 15.3 Å². The summed E-state index contributed by atoms with van der Waals surface area (Å²) in [5.74, 6) is 0.0660. The number of para-hydroxylation sites is 1. The highest BCUT2D eigenvalue weighted by molar-refractivity contribution is 8.00. The number of hydrogen-bond acceptors (Lipinski definition) is 6. The number of carbonyl (C=O) groups is 2. The Morgan fingerprint density at radius 2 is 1.62 bits per heavy atom. The first kappa shape index (κ1) is 34.0. The number of halogens is 6. The van der Waals surface area contributed by atoms with Gasteiger partial charge in [0.15, 0.2) is 5.72 Å². The second-order valence-electron chi connectivity index (χ2n) is 10.8. The third-order valence-electron chi connectivity index (χ3n) is 7.29. The molecular formula is C31H31F6N3O4S. The zero-order chi connectivity index (χ0) is 33.0. The summed E-state index contributed by atoms with van der Waals surface area (Å²) in [6.45, 7) is 0.0564. The van der Waals surface area contributed by atoms with E-state index in [9.17, 15) is 45.2 Å². The van der Waals surface area contributed by atoms with Crippen LogP contribution >= 0.6 is 0 Å². The van der Waals surface area contributed by atoms with E-state index in [-0.39, 0.29) is 30.1 Å². The lowest BCUT2D eigenvalue weighted by Gasteiger charge is -2.34. The average molecular weight is 656 g/mol. The van der Waals surface area contributed by atoms with Gasteiger partial charge in [-0.3, -0.25) is 18.8 Å². The molecule has 2 atom stereocenters. The number of aliphatic hydroxyl groups is 1. The Labute approximate surface area is 255 Å². The minimum absolute atomic E-state index is 0.00843. The van der Waals surface area contributed by atoms with Gasteiger partial charge in [0, 0.05) is 44.7 Å². The number of alkyl halides is 6. The molecule has 4 rings (SSSR count). The third-order valence-corrected chi connectivity index (χ3v) is 9.31. The van der Waals surface area contributed by atoms with Gasteiger partial charge >= 0.3 is 12.4 Å². The predicted molar refractivity (Wildman–Crippen MR) is 159 cm³/mol. The molecule has 2 heterocycles. The van der Waals surface area contributed by atoms with Gasteiger partial charge in [0.2, 0.25) is 0 Å². The van der Waals surface area contributed by atoms with Crippen LogP contribution in [0.25, 0.3) is 10.9 Å². The van der Waals surface area contributed by atoms with E-state index in [1.54, 1.807) is 42.5 Å². The number of anilines is 1. The summed E-state index contributed by atoms with van der Waals surface area (Å²) in [6.07, 6.45) is -8.00. The number of carbonyl (C=O) groups excluding carboxylic acids is 2. The Kier molecular flexibility index (Phi) is 9.98. The van der Waals surface area contributed by atoms with E-state index in [2.05, 4.69) is 16.2 Å². The van der Waals surface area contributed by atoms with Crippen molar-refractivity contribution in [2.75, 3.05) is 24.2 Å². The minimum Gasteiger partial charge on any atom is -0.384 e. The fraction of sp³-hybridized carbons (Fsp3) is 0.355. The molecule has 14 heteroatoms. The van der Waals surface area contributed by atoms with Crippen molar-refractivity contribution in [2.24, 2.45) is 0 Å². The summed E-state index contributed by atoms with van der Waals surface area (Å²) in [4.78, 5) is 30.1. The number of hydrogen-bond donors (Lipinski definition) is 2. The molecule has 0 aliphatic carbocycles. The molecule has 3 aromatic rings. The largest absolute Gasteiger partial charge is 0.455 e. The van der Waals surface area contributed by atoms with Gasteiger partial charge in [-0.25, -0.2) is 0 Å². The number of unbranched alkanes of at least 4 members (excludes halogenated alkanes) is 3. The highest BCUT2D eigenvalue weighted by Gasteiger charge is 2.47. The van der Waals surface area contributed by atoms with E-state index in [0.717, 1.165) is 17.2 Å². The van der Waals surface area contributed by atoms with Gasteiger partial charge in [-0.15, -0.1) is 0 Å². The minimum atomic E-state index is -5.09. The van der Waals surface area contributed by atoms with Crippen molar-refractivity contribution in [1.29, 1.82) is 0 Å². The van der Waals surface area contributed by atoms with E-state index >= 15 is 0 Å². The maximum atomic E-state index is 13.4. The van der Waals surface area contributed by atoms with E-state index in [0.29, 0.717) is 30.2 Å². The number of aromatic nitrogens is 1. The molecular weight excluding hydrogens is 624 g/mol. The molecule has 45 heavy (non-hydrogen) atoms. The predicted octanol–water partition coefficient (Wildman–Crippen LogP) is 6.14. The van der Waals surface area contributed by atoms with Crippen molar-refractivity contribution in [3.05, 3.63) is 78.0 Å². The molecule has 0 saturated carbocycles. The maximum absolute atomic E-state index is 13.4. The average Bonchev–Trinajstić information content (AvgIpc) is 3.18. The van der Waals surface area contributed by atoms with Crippen LogP contribution in [-0.4, -0.2) is 73.7 Å². The zero-order valence-corrected chi connectivity index (χ0v) is 24.8. The Hall–Kier alpha value is -3.91. The van der Waals surface area contributed by atoms with Crippen LogP contribution in [0, 0.1) is 0 Å². The highest BCUT2D eigenvalue weighted by atomic mass is 32.2. The molecule has 0 spiro atoms. The summed E-state index contributed by atoms with van der Waals surface area (Å²) in [5, 5.41) is 14.6. The Bertz CT molecular complexity index is 1690. The van der Waals surface area contributed by atoms with Crippen LogP contribution in [0.5, 0.6) is 0 Å². The number of pyridine rings is 1. The zero-order valence-electron chi connectivity index (χ0n) is 24.0. The fourth-order valence-corrected chi connectivity index (χ4v) is 6.98. The topological polar surface area (TPSA) is 99.6 Å². The lowest BCUT2D eigenvalue weighted by atomic mass is 10.1. The smallest absolute Gasteiger partial charge is 0.384 e. The van der Waals surface area contributed by atoms with Crippen LogP contribution in [-0.2, 0) is 14.3 Å². The van der Waals surface area contributed by atoms with Crippen molar-refractivity contribution in [3.8, 4) is 0 Å². The van der Waals surface area contributed by atoms with E-state index in [1.807, 2.05) is 0 Å².